The maximum absolute atomic E-state index is 12.2. The van der Waals surface area contributed by atoms with Crippen molar-refractivity contribution in [2.24, 2.45) is 0 Å². The van der Waals surface area contributed by atoms with Crippen molar-refractivity contribution in [3.8, 4) is 11.3 Å². The van der Waals surface area contributed by atoms with Crippen LogP contribution in [0.4, 0.5) is 5.69 Å². The minimum Gasteiger partial charge on any atom is -0.324 e. The van der Waals surface area contributed by atoms with E-state index in [0.717, 1.165) is 5.56 Å². The molecule has 1 heterocycles. The lowest BCUT2D eigenvalue weighted by molar-refractivity contribution is -0.116. The summed E-state index contributed by atoms with van der Waals surface area (Å²) in [6.07, 6.45) is 1.36. The molecule has 0 saturated heterocycles. The van der Waals surface area contributed by atoms with E-state index in [2.05, 4.69) is 10.3 Å². The van der Waals surface area contributed by atoms with Gasteiger partial charge in [0.15, 0.2) is 0 Å². The topological polar surface area (TPSA) is 64.0 Å². The highest BCUT2D eigenvalue weighted by atomic mass is 35.5. The van der Waals surface area contributed by atoms with Gasteiger partial charge in [-0.15, -0.1) is 0 Å². The van der Waals surface area contributed by atoms with Crippen LogP contribution in [0.1, 0.15) is 0 Å². The molecular formula is C18H13Cl2N3O2. The van der Waals surface area contributed by atoms with Crippen LogP contribution in [0.5, 0.6) is 0 Å². The number of nitrogens with zero attached hydrogens (tertiary/aromatic N) is 2. The minimum absolute atomic E-state index is 0.162. The Kier molecular flexibility index (Phi) is 5.16. The third-order valence-corrected chi connectivity index (χ3v) is 3.85. The fraction of sp³-hybridized carbons (Fsp3) is 0.0556. The van der Waals surface area contributed by atoms with E-state index in [9.17, 15) is 9.59 Å². The summed E-state index contributed by atoms with van der Waals surface area (Å²) in [7, 11) is 0. The van der Waals surface area contributed by atoms with Crippen molar-refractivity contribution in [1.82, 2.24) is 9.55 Å². The van der Waals surface area contributed by atoms with Crippen LogP contribution in [0.2, 0.25) is 10.0 Å². The van der Waals surface area contributed by atoms with Gasteiger partial charge in [-0.1, -0.05) is 53.5 Å². The molecule has 7 heteroatoms. The van der Waals surface area contributed by atoms with Gasteiger partial charge in [-0.3, -0.25) is 14.2 Å². The Hall–Kier alpha value is -2.63. The van der Waals surface area contributed by atoms with Gasteiger partial charge in [0.05, 0.1) is 12.0 Å². The Bertz CT molecular complexity index is 951. The van der Waals surface area contributed by atoms with E-state index < -0.39 is 0 Å². The number of benzene rings is 2. The smallest absolute Gasteiger partial charge is 0.254 e. The average Bonchev–Trinajstić information content (AvgIpc) is 2.56. The Morgan fingerprint density at radius 2 is 1.72 bits per heavy atom. The van der Waals surface area contributed by atoms with Crippen LogP contribution in [-0.4, -0.2) is 15.5 Å². The van der Waals surface area contributed by atoms with Crippen molar-refractivity contribution in [2.75, 3.05) is 5.32 Å². The molecule has 2 aromatic carbocycles. The zero-order valence-electron chi connectivity index (χ0n) is 12.9. The number of halogens is 2. The summed E-state index contributed by atoms with van der Waals surface area (Å²) >= 11 is 11.8. The molecule has 1 amide bonds. The molecule has 0 fully saturated rings. The first-order valence-corrected chi connectivity index (χ1v) is 8.15. The van der Waals surface area contributed by atoms with Gasteiger partial charge in [-0.25, -0.2) is 4.98 Å². The maximum atomic E-state index is 12.2. The minimum atomic E-state index is -0.380. The van der Waals surface area contributed by atoms with Gasteiger partial charge in [0.1, 0.15) is 6.54 Å². The van der Waals surface area contributed by atoms with Gasteiger partial charge >= 0.3 is 0 Å². The van der Waals surface area contributed by atoms with E-state index in [0.29, 0.717) is 21.4 Å². The maximum Gasteiger partial charge on any atom is 0.254 e. The lowest BCUT2D eigenvalue weighted by atomic mass is 10.1. The van der Waals surface area contributed by atoms with Crippen molar-refractivity contribution in [3.63, 3.8) is 0 Å². The number of nitrogens with one attached hydrogen (secondary N) is 1. The number of carbonyl (C=O) groups is 1. The number of carbonyl (C=O) groups excluding carboxylic acids is 1. The number of hydrogen-bond donors (Lipinski definition) is 1. The molecule has 3 rings (SSSR count). The quantitative estimate of drug-likeness (QED) is 0.755. The average molecular weight is 374 g/mol. The SMILES string of the molecule is O=C(Cn1cnc(-c2ccccc2)cc1=O)Nc1cc(Cl)cc(Cl)c1. The van der Waals surface area contributed by atoms with E-state index in [1.807, 2.05) is 30.3 Å². The number of aromatic nitrogens is 2. The first-order valence-electron chi connectivity index (χ1n) is 7.39. The Balaban J connectivity index is 1.74. The molecule has 0 radical (unpaired) electrons. The third-order valence-electron chi connectivity index (χ3n) is 3.41. The second-order valence-corrected chi connectivity index (χ2v) is 6.19. The molecular weight excluding hydrogens is 361 g/mol. The molecule has 1 N–H and O–H groups in total. The van der Waals surface area contributed by atoms with Crippen LogP contribution in [0.15, 0.2) is 65.7 Å². The van der Waals surface area contributed by atoms with E-state index in [4.69, 9.17) is 23.2 Å². The number of rotatable bonds is 4. The summed E-state index contributed by atoms with van der Waals surface area (Å²) in [6.45, 7) is -0.162. The Labute approximate surface area is 153 Å². The van der Waals surface area contributed by atoms with Gasteiger partial charge in [-0.05, 0) is 18.2 Å². The summed E-state index contributed by atoms with van der Waals surface area (Å²) in [5.74, 6) is -0.380. The molecule has 0 aliphatic heterocycles. The third kappa shape index (κ3) is 4.47. The summed E-state index contributed by atoms with van der Waals surface area (Å²) < 4.78 is 1.23. The molecule has 0 saturated carbocycles. The largest absolute Gasteiger partial charge is 0.324 e. The van der Waals surface area contributed by atoms with E-state index in [-0.39, 0.29) is 18.0 Å². The normalized spacial score (nSPS) is 10.5. The Morgan fingerprint density at radius 1 is 1.04 bits per heavy atom. The fourth-order valence-electron chi connectivity index (χ4n) is 2.29. The van der Waals surface area contributed by atoms with Crippen molar-refractivity contribution in [3.05, 3.63) is 81.3 Å². The van der Waals surface area contributed by atoms with Gasteiger partial charge in [0.25, 0.3) is 5.56 Å². The van der Waals surface area contributed by atoms with Crippen LogP contribution in [-0.2, 0) is 11.3 Å². The van der Waals surface area contributed by atoms with Gasteiger partial charge < -0.3 is 5.32 Å². The molecule has 1 aromatic heterocycles. The summed E-state index contributed by atoms with van der Waals surface area (Å²) in [5, 5.41) is 3.47. The second-order valence-electron chi connectivity index (χ2n) is 5.31. The van der Waals surface area contributed by atoms with Crippen LogP contribution >= 0.6 is 23.2 Å². The molecule has 25 heavy (non-hydrogen) atoms. The zero-order chi connectivity index (χ0) is 17.8. The molecule has 3 aromatic rings. The van der Waals surface area contributed by atoms with Gasteiger partial charge in [0, 0.05) is 27.4 Å². The molecule has 0 aliphatic rings. The molecule has 0 bridgehead atoms. The van der Waals surface area contributed by atoms with Crippen molar-refractivity contribution in [2.45, 2.75) is 6.54 Å². The van der Waals surface area contributed by atoms with Gasteiger partial charge in [0.2, 0.25) is 5.91 Å². The van der Waals surface area contributed by atoms with E-state index in [1.54, 1.807) is 18.2 Å². The number of hydrogen-bond acceptors (Lipinski definition) is 3. The first kappa shape index (κ1) is 17.2. The fourth-order valence-corrected chi connectivity index (χ4v) is 2.82. The molecule has 0 aliphatic carbocycles. The Morgan fingerprint density at radius 3 is 2.36 bits per heavy atom. The van der Waals surface area contributed by atoms with Crippen molar-refractivity contribution < 1.29 is 4.79 Å². The van der Waals surface area contributed by atoms with Crippen LogP contribution in [0, 0.1) is 0 Å². The highest BCUT2D eigenvalue weighted by Crippen LogP contribution is 2.22. The first-order chi connectivity index (χ1) is 12.0. The lowest BCUT2D eigenvalue weighted by Crippen LogP contribution is -2.27. The van der Waals surface area contributed by atoms with Crippen LogP contribution < -0.4 is 10.9 Å². The standard InChI is InChI=1S/C18H13Cl2N3O2/c19-13-6-14(20)8-15(7-13)22-17(24)10-23-11-21-16(9-18(23)25)12-4-2-1-3-5-12/h1-9,11H,10H2,(H,22,24). The van der Waals surface area contributed by atoms with Crippen molar-refractivity contribution in [1.29, 1.82) is 0 Å². The van der Waals surface area contributed by atoms with Gasteiger partial charge in [-0.2, -0.15) is 0 Å². The summed E-state index contributed by atoms with van der Waals surface area (Å²) in [4.78, 5) is 28.6. The number of anilines is 1. The van der Waals surface area contributed by atoms with Crippen LogP contribution in [0.25, 0.3) is 11.3 Å². The lowest BCUT2D eigenvalue weighted by Gasteiger charge is -2.08. The van der Waals surface area contributed by atoms with E-state index in [1.165, 1.54) is 17.0 Å². The highest BCUT2D eigenvalue weighted by Gasteiger charge is 2.08. The predicted molar refractivity (Wildman–Crippen MR) is 99.0 cm³/mol. The molecule has 126 valence electrons. The number of amides is 1. The second kappa shape index (κ2) is 7.51. The monoisotopic (exact) mass is 373 g/mol. The molecule has 0 unspecified atom stereocenters. The predicted octanol–water partition coefficient (Wildman–Crippen LogP) is 3.86. The zero-order valence-corrected chi connectivity index (χ0v) is 14.5. The van der Waals surface area contributed by atoms with E-state index >= 15 is 0 Å². The molecule has 0 spiro atoms. The summed E-state index contributed by atoms with van der Waals surface area (Å²) in [5.41, 5.74) is 1.55. The molecule has 5 nitrogen and oxygen atoms in total. The van der Waals surface area contributed by atoms with Crippen LogP contribution in [0.3, 0.4) is 0 Å². The van der Waals surface area contributed by atoms with Crippen molar-refractivity contribution >= 4 is 34.8 Å². The summed E-state index contributed by atoms with van der Waals surface area (Å²) in [6, 6.07) is 15.5. The highest BCUT2D eigenvalue weighted by molar-refractivity contribution is 6.35. The molecule has 0 atom stereocenters.